The highest BCUT2D eigenvalue weighted by Crippen LogP contribution is 2.27. The number of carbonyl (C=O) groups is 1. The van der Waals surface area contributed by atoms with Crippen molar-refractivity contribution in [2.24, 2.45) is 0 Å². The monoisotopic (exact) mass is 261 g/mol. The second-order valence-corrected chi connectivity index (χ2v) is 4.90. The van der Waals surface area contributed by atoms with Crippen molar-refractivity contribution in [2.45, 2.75) is 32.4 Å². The van der Waals surface area contributed by atoms with Gasteiger partial charge in [-0.05, 0) is 18.6 Å². The summed E-state index contributed by atoms with van der Waals surface area (Å²) in [6.45, 7) is 4.44. The van der Waals surface area contributed by atoms with Crippen molar-refractivity contribution in [1.29, 1.82) is 5.26 Å². The maximum Gasteiger partial charge on any atom is 0.244 e. The fourth-order valence-corrected chi connectivity index (χ4v) is 2.32. The third kappa shape index (κ3) is 2.59. The van der Waals surface area contributed by atoms with E-state index in [1.165, 1.54) is 17.0 Å². The maximum absolute atomic E-state index is 13.6. The summed E-state index contributed by atoms with van der Waals surface area (Å²) >= 11 is 0. The van der Waals surface area contributed by atoms with Crippen LogP contribution < -0.4 is 10.2 Å². The molecule has 1 aromatic carbocycles. The van der Waals surface area contributed by atoms with E-state index in [1.807, 2.05) is 19.9 Å². The van der Waals surface area contributed by atoms with E-state index in [9.17, 15) is 9.18 Å². The number of benzene rings is 1. The van der Waals surface area contributed by atoms with Crippen molar-refractivity contribution < 1.29 is 9.18 Å². The topological polar surface area (TPSA) is 56.1 Å². The molecule has 1 aliphatic rings. The van der Waals surface area contributed by atoms with Gasteiger partial charge in [-0.1, -0.05) is 19.9 Å². The lowest BCUT2D eigenvalue weighted by Gasteiger charge is -2.19. The highest BCUT2D eigenvalue weighted by atomic mass is 19.1. The quantitative estimate of drug-likeness (QED) is 0.902. The Bertz CT molecular complexity index is 536. The number of anilines is 1. The van der Waals surface area contributed by atoms with Crippen LogP contribution in [0, 0.1) is 17.1 Å². The summed E-state index contributed by atoms with van der Waals surface area (Å²) in [5.41, 5.74) is 0.293. The summed E-state index contributed by atoms with van der Waals surface area (Å²) in [6, 6.07) is 6.13. The zero-order chi connectivity index (χ0) is 14.0. The van der Waals surface area contributed by atoms with Crippen molar-refractivity contribution in [2.75, 3.05) is 11.4 Å². The molecule has 1 unspecified atom stereocenters. The molecule has 2 rings (SSSR count). The Morgan fingerprint density at radius 3 is 2.89 bits per heavy atom. The number of nitriles is 1. The summed E-state index contributed by atoms with van der Waals surface area (Å²) in [4.78, 5) is 13.7. The third-order valence-corrected chi connectivity index (χ3v) is 3.13. The molecule has 1 heterocycles. The van der Waals surface area contributed by atoms with Gasteiger partial charge in [0.1, 0.15) is 17.4 Å². The fraction of sp³-hybridized carbons (Fsp3) is 0.429. The first-order valence-corrected chi connectivity index (χ1v) is 6.30. The SMILES string of the molecule is CC(C)NC1CCN(c2cccc(F)c2C#N)C1=O. The van der Waals surface area contributed by atoms with Crippen LogP contribution in [-0.4, -0.2) is 24.5 Å². The highest BCUT2D eigenvalue weighted by Gasteiger charge is 2.34. The Balaban J connectivity index is 2.28. The molecule has 1 atom stereocenters. The first-order valence-electron chi connectivity index (χ1n) is 6.30. The van der Waals surface area contributed by atoms with Crippen LogP contribution in [-0.2, 0) is 4.79 Å². The van der Waals surface area contributed by atoms with Gasteiger partial charge < -0.3 is 10.2 Å². The smallest absolute Gasteiger partial charge is 0.244 e. The van der Waals surface area contributed by atoms with Crippen LogP contribution in [0.15, 0.2) is 18.2 Å². The van der Waals surface area contributed by atoms with Crippen LogP contribution in [0.2, 0.25) is 0 Å². The Kier molecular flexibility index (Phi) is 3.82. The van der Waals surface area contributed by atoms with Gasteiger partial charge in [-0.25, -0.2) is 4.39 Å². The van der Waals surface area contributed by atoms with E-state index >= 15 is 0 Å². The molecule has 1 aliphatic heterocycles. The van der Waals surface area contributed by atoms with Crippen LogP contribution in [0.4, 0.5) is 10.1 Å². The summed E-state index contributed by atoms with van der Waals surface area (Å²) in [6.07, 6.45) is 0.665. The minimum atomic E-state index is -0.590. The molecule has 100 valence electrons. The van der Waals surface area contributed by atoms with Crippen LogP contribution in [0.5, 0.6) is 0 Å². The number of hydrogen-bond donors (Lipinski definition) is 1. The van der Waals surface area contributed by atoms with E-state index in [1.54, 1.807) is 6.07 Å². The largest absolute Gasteiger partial charge is 0.310 e. The lowest BCUT2D eigenvalue weighted by Crippen LogP contribution is -2.41. The average Bonchev–Trinajstić information content (AvgIpc) is 2.70. The molecule has 1 fully saturated rings. The molecule has 1 aromatic rings. The van der Waals surface area contributed by atoms with Crippen molar-refractivity contribution >= 4 is 11.6 Å². The Labute approximate surface area is 111 Å². The number of rotatable bonds is 3. The fourth-order valence-electron chi connectivity index (χ4n) is 2.32. The summed E-state index contributed by atoms with van der Waals surface area (Å²) in [5.74, 6) is -0.691. The molecule has 0 saturated carbocycles. The van der Waals surface area contributed by atoms with Crippen molar-refractivity contribution in [3.8, 4) is 6.07 Å². The summed E-state index contributed by atoms with van der Waals surface area (Å²) in [5, 5.41) is 12.2. The highest BCUT2D eigenvalue weighted by molar-refractivity contribution is 6.00. The number of nitrogens with zero attached hydrogens (tertiary/aromatic N) is 2. The van der Waals surface area contributed by atoms with Gasteiger partial charge in [0.15, 0.2) is 0 Å². The molecule has 4 nitrogen and oxygen atoms in total. The molecule has 0 aromatic heterocycles. The Morgan fingerprint density at radius 2 is 2.26 bits per heavy atom. The van der Waals surface area contributed by atoms with E-state index in [0.717, 1.165) is 0 Å². The first kappa shape index (κ1) is 13.5. The second kappa shape index (κ2) is 5.37. The van der Waals surface area contributed by atoms with E-state index in [2.05, 4.69) is 5.32 Å². The van der Waals surface area contributed by atoms with Gasteiger partial charge in [-0.2, -0.15) is 5.26 Å². The zero-order valence-electron chi connectivity index (χ0n) is 11.0. The molecule has 5 heteroatoms. The molecule has 0 radical (unpaired) electrons. The minimum Gasteiger partial charge on any atom is -0.310 e. The maximum atomic E-state index is 13.6. The molecule has 1 N–H and O–H groups in total. The van der Waals surface area contributed by atoms with Crippen LogP contribution in [0.25, 0.3) is 0 Å². The van der Waals surface area contributed by atoms with E-state index in [4.69, 9.17) is 5.26 Å². The van der Waals surface area contributed by atoms with E-state index < -0.39 is 5.82 Å². The number of carbonyl (C=O) groups excluding carboxylic acids is 1. The number of halogens is 1. The second-order valence-electron chi connectivity index (χ2n) is 4.90. The molecule has 0 spiro atoms. The predicted molar refractivity (Wildman–Crippen MR) is 70.1 cm³/mol. The minimum absolute atomic E-state index is 0.0685. The van der Waals surface area contributed by atoms with Gasteiger partial charge in [0.05, 0.1) is 11.7 Å². The van der Waals surface area contributed by atoms with Gasteiger partial charge in [0.25, 0.3) is 0 Å². The molecule has 19 heavy (non-hydrogen) atoms. The van der Waals surface area contributed by atoms with Crippen LogP contribution in [0.1, 0.15) is 25.8 Å². The van der Waals surface area contributed by atoms with Gasteiger partial charge in [-0.3, -0.25) is 4.79 Å². The molecule has 1 saturated heterocycles. The van der Waals surface area contributed by atoms with Gasteiger partial charge in [0, 0.05) is 12.6 Å². The predicted octanol–water partition coefficient (Wildman–Crippen LogP) is 1.80. The van der Waals surface area contributed by atoms with Gasteiger partial charge in [-0.15, -0.1) is 0 Å². The third-order valence-electron chi connectivity index (χ3n) is 3.13. The summed E-state index contributed by atoms with van der Waals surface area (Å²) < 4.78 is 13.6. The van der Waals surface area contributed by atoms with Gasteiger partial charge >= 0.3 is 0 Å². The molecular weight excluding hydrogens is 245 g/mol. The summed E-state index contributed by atoms with van der Waals surface area (Å²) in [7, 11) is 0. The van der Waals surface area contributed by atoms with Crippen molar-refractivity contribution in [3.63, 3.8) is 0 Å². The molecule has 0 aliphatic carbocycles. The van der Waals surface area contributed by atoms with Crippen molar-refractivity contribution in [1.82, 2.24) is 5.32 Å². The number of hydrogen-bond acceptors (Lipinski definition) is 3. The van der Waals surface area contributed by atoms with Crippen LogP contribution >= 0.6 is 0 Å². The first-order chi connectivity index (χ1) is 9.04. The molecular formula is C14H16FN3O. The molecule has 0 bridgehead atoms. The Hall–Kier alpha value is -1.93. The lowest BCUT2D eigenvalue weighted by atomic mass is 10.1. The lowest BCUT2D eigenvalue weighted by molar-refractivity contribution is -0.118. The van der Waals surface area contributed by atoms with Gasteiger partial charge in [0.2, 0.25) is 5.91 Å². The molecule has 1 amide bonds. The average molecular weight is 261 g/mol. The van der Waals surface area contributed by atoms with E-state index in [-0.39, 0.29) is 23.6 Å². The Morgan fingerprint density at radius 1 is 1.53 bits per heavy atom. The standard InChI is InChI=1S/C14H16FN3O/c1-9(2)17-12-6-7-18(14(12)19)13-5-3-4-11(15)10(13)8-16/h3-5,9,12,17H,6-7H2,1-2H3. The normalized spacial score (nSPS) is 19.0. The van der Waals surface area contributed by atoms with Crippen LogP contribution in [0.3, 0.4) is 0 Å². The number of nitrogens with one attached hydrogen (secondary N) is 1. The zero-order valence-corrected chi connectivity index (χ0v) is 11.0. The number of amides is 1. The van der Waals surface area contributed by atoms with Crippen molar-refractivity contribution in [3.05, 3.63) is 29.6 Å². The van der Waals surface area contributed by atoms with E-state index in [0.29, 0.717) is 18.7 Å².